The number of ether oxygens (including phenoxy) is 1. The second-order valence-electron chi connectivity index (χ2n) is 7.20. The lowest BCUT2D eigenvalue weighted by atomic mass is 9.51. The van der Waals surface area contributed by atoms with Crippen LogP contribution in [0.1, 0.15) is 42.3 Å². The van der Waals surface area contributed by atoms with Crippen LogP contribution in [0.3, 0.4) is 0 Å². The minimum Gasteiger partial charge on any atom is -0.496 e. The van der Waals surface area contributed by atoms with Crippen molar-refractivity contribution in [3.05, 3.63) is 41.0 Å². The molecule has 1 aromatic rings. The van der Waals surface area contributed by atoms with Crippen molar-refractivity contribution in [1.29, 1.82) is 0 Å². The van der Waals surface area contributed by atoms with E-state index in [1.165, 1.54) is 6.08 Å². The van der Waals surface area contributed by atoms with Gasteiger partial charge in [-0.2, -0.15) is 0 Å². The van der Waals surface area contributed by atoms with Gasteiger partial charge in [0.15, 0.2) is 5.78 Å². The fraction of sp³-hybridized carbons (Fsp3) is 0.421. The summed E-state index contributed by atoms with van der Waals surface area (Å²) in [6.45, 7) is 7.24. The molecule has 0 heterocycles. The van der Waals surface area contributed by atoms with Gasteiger partial charge in [-0.25, -0.2) is 0 Å². The number of allylic oxidation sites excluding steroid dienone is 2. The van der Waals surface area contributed by atoms with E-state index in [2.05, 4.69) is 0 Å². The molecule has 0 saturated heterocycles. The number of aryl methyl sites for hydroxylation is 1. The fourth-order valence-corrected chi connectivity index (χ4v) is 4.10. The maximum atomic E-state index is 12.8. The van der Waals surface area contributed by atoms with Gasteiger partial charge in [0, 0.05) is 16.4 Å². The normalized spacial score (nSPS) is 28.4. The monoisotopic (exact) mass is 312 g/mol. The van der Waals surface area contributed by atoms with E-state index in [1.54, 1.807) is 33.1 Å². The molecule has 3 rings (SSSR count). The zero-order chi connectivity index (χ0) is 17.2. The summed E-state index contributed by atoms with van der Waals surface area (Å²) in [5.41, 5.74) is 0.378. The van der Waals surface area contributed by atoms with Gasteiger partial charge < -0.3 is 4.74 Å². The number of carbonyl (C=O) groups excluding carboxylic acids is 3. The van der Waals surface area contributed by atoms with Crippen molar-refractivity contribution in [3.8, 4) is 5.75 Å². The Morgan fingerprint density at radius 3 is 2.35 bits per heavy atom. The second-order valence-corrected chi connectivity index (χ2v) is 7.20. The smallest absolute Gasteiger partial charge is 0.229 e. The molecule has 0 bridgehead atoms. The van der Waals surface area contributed by atoms with E-state index in [4.69, 9.17) is 4.74 Å². The highest BCUT2D eigenvalue weighted by molar-refractivity contribution is 6.46. The standard InChI is InChI=1S/C19H20O4/c1-10-8-11-12(9-13(10)23-5)19(4)7-6-14(20)18(2,3)17(19)16(22)15(11)21/h6-9,17H,1-5H3/t17?,19-/m1/s1. The van der Waals surface area contributed by atoms with Crippen LogP contribution in [0.15, 0.2) is 24.3 Å². The molecule has 0 saturated carbocycles. The molecular weight excluding hydrogens is 292 g/mol. The first-order chi connectivity index (χ1) is 10.6. The molecular formula is C19H20O4. The molecule has 2 aliphatic rings. The third-order valence-electron chi connectivity index (χ3n) is 5.38. The zero-order valence-corrected chi connectivity index (χ0v) is 14.0. The third-order valence-corrected chi connectivity index (χ3v) is 5.38. The van der Waals surface area contributed by atoms with Gasteiger partial charge in [-0.05, 0) is 36.3 Å². The summed E-state index contributed by atoms with van der Waals surface area (Å²) < 4.78 is 5.38. The lowest BCUT2D eigenvalue weighted by Crippen LogP contribution is -2.56. The van der Waals surface area contributed by atoms with Gasteiger partial charge in [0.1, 0.15) is 5.75 Å². The number of rotatable bonds is 1. The maximum absolute atomic E-state index is 12.8. The Morgan fingerprint density at radius 1 is 1.09 bits per heavy atom. The van der Waals surface area contributed by atoms with Gasteiger partial charge >= 0.3 is 0 Å². The average Bonchev–Trinajstić information content (AvgIpc) is 2.49. The molecule has 0 fully saturated rings. The summed E-state index contributed by atoms with van der Waals surface area (Å²) in [6.07, 6.45) is 3.30. The Balaban J connectivity index is 2.37. The van der Waals surface area contributed by atoms with E-state index in [0.29, 0.717) is 11.3 Å². The van der Waals surface area contributed by atoms with E-state index in [9.17, 15) is 14.4 Å². The van der Waals surface area contributed by atoms with Gasteiger partial charge in [-0.15, -0.1) is 0 Å². The highest BCUT2D eigenvalue weighted by atomic mass is 16.5. The van der Waals surface area contributed by atoms with E-state index in [0.717, 1.165) is 11.1 Å². The second kappa shape index (κ2) is 4.63. The molecule has 0 N–H and O–H groups in total. The predicted molar refractivity (Wildman–Crippen MR) is 85.8 cm³/mol. The van der Waals surface area contributed by atoms with Crippen LogP contribution in [0, 0.1) is 18.3 Å². The molecule has 0 spiro atoms. The summed E-state index contributed by atoms with van der Waals surface area (Å²) in [5, 5.41) is 0. The Kier molecular flexibility index (Phi) is 3.15. The number of benzene rings is 1. The third kappa shape index (κ3) is 1.87. The van der Waals surface area contributed by atoms with Gasteiger partial charge in [-0.1, -0.05) is 26.8 Å². The summed E-state index contributed by atoms with van der Waals surface area (Å²) in [5.74, 6) is -1.13. The molecule has 2 aliphatic carbocycles. The van der Waals surface area contributed by atoms with Crippen LogP contribution in [0.25, 0.3) is 0 Å². The number of carbonyl (C=O) groups is 3. The molecule has 120 valence electrons. The molecule has 0 aliphatic heterocycles. The van der Waals surface area contributed by atoms with Crippen molar-refractivity contribution in [2.45, 2.75) is 33.1 Å². The van der Waals surface area contributed by atoms with Crippen molar-refractivity contribution in [3.63, 3.8) is 0 Å². The SMILES string of the molecule is COc1cc2c(cc1C)C(=O)C(=O)C1C(C)(C)C(=O)C=C[C@]21C. The van der Waals surface area contributed by atoms with Crippen LogP contribution in [0.5, 0.6) is 5.75 Å². The topological polar surface area (TPSA) is 60.4 Å². The lowest BCUT2D eigenvalue weighted by molar-refractivity contribution is -0.136. The first-order valence-electron chi connectivity index (χ1n) is 7.66. The van der Waals surface area contributed by atoms with Gasteiger partial charge in [0.25, 0.3) is 0 Å². The predicted octanol–water partition coefficient (Wildman–Crippen LogP) is 2.81. The molecule has 0 radical (unpaired) electrons. The van der Waals surface area contributed by atoms with Crippen LogP contribution in [-0.2, 0) is 15.0 Å². The van der Waals surface area contributed by atoms with Crippen LogP contribution >= 0.6 is 0 Å². The summed E-state index contributed by atoms with van der Waals surface area (Å²) >= 11 is 0. The fourth-order valence-electron chi connectivity index (χ4n) is 4.10. The highest BCUT2D eigenvalue weighted by Crippen LogP contribution is 2.52. The van der Waals surface area contributed by atoms with Gasteiger partial charge in [0.2, 0.25) is 11.6 Å². The molecule has 0 amide bonds. The van der Waals surface area contributed by atoms with Crippen LogP contribution in [0.2, 0.25) is 0 Å². The van der Waals surface area contributed by atoms with Crippen LogP contribution < -0.4 is 4.74 Å². The summed E-state index contributed by atoms with van der Waals surface area (Å²) in [4.78, 5) is 37.7. The van der Waals surface area contributed by atoms with Gasteiger partial charge in [-0.3, -0.25) is 14.4 Å². The Morgan fingerprint density at radius 2 is 1.74 bits per heavy atom. The minimum atomic E-state index is -0.911. The van der Waals surface area contributed by atoms with E-state index in [1.807, 2.05) is 19.9 Å². The van der Waals surface area contributed by atoms with E-state index in [-0.39, 0.29) is 5.78 Å². The zero-order valence-electron chi connectivity index (χ0n) is 14.0. The number of fused-ring (bicyclic) bond motifs is 3. The summed E-state index contributed by atoms with van der Waals surface area (Å²) in [7, 11) is 1.58. The quantitative estimate of drug-likeness (QED) is 0.748. The van der Waals surface area contributed by atoms with E-state index >= 15 is 0 Å². The Bertz CT molecular complexity index is 785. The van der Waals surface area contributed by atoms with Crippen LogP contribution in [-0.4, -0.2) is 24.5 Å². The number of methoxy groups -OCH3 is 1. The molecule has 0 aromatic heterocycles. The Hall–Kier alpha value is -2.23. The summed E-state index contributed by atoms with van der Waals surface area (Å²) in [6, 6.07) is 3.55. The molecule has 1 aromatic carbocycles. The maximum Gasteiger partial charge on any atom is 0.229 e. The lowest BCUT2D eigenvalue weighted by Gasteiger charge is -2.48. The highest BCUT2D eigenvalue weighted by Gasteiger charge is 2.58. The number of hydrogen-bond acceptors (Lipinski definition) is 4. The van der Waals surface area contributed by atoms with Gasteiger partial charge in [0.05, 0.1) is 13.0 Å². The molecule has 2 atom stereocenters. The first kappa shape index (κ1) is 15.7. The minimum absolute atomic E-state index is 0.122. The van der Waals surface area contributed by atoms with Crippen molar-refractivity contribution >= 4 is 17.3 Å². The molecule has 4 heteroatoms. The average molecular weight is 312 g/mol. The number of hydrogen-bond donors (Lipinski definition) is 0. The molecule has 4 nitrogen and oxygen atoms in total. The Labute approximate surface area is 135 Å². The van der Waals surface area contributed by atoms with Crippen molar-refractivity contribution in [1.82, 2.24) is 0 Å². The molecule has 23 heavy (non-hydrogen) atoms. The van der Waals surface area contributed by atoms with E-state index < -0.39 is 28.3 Å². The van der Waals surface area contributed by atoms with Crippen LogP contribution in [0.4, 0.5) is 0 Å². The van der Waals surface area contributed by atoms with Crippen molar-refractivity contribution < 1.29 is 19.1 Å². The number of Topliss-reactive ketones (excluding diaryl/α,β-unsaturated/α-hetero) is 2. The molecule has 1 unspecified atom stereocenters. The first-order valence-corrected chi connectivity index (χ1v) is 7.66. The van der Waals surface area contributed by atoms with Crippen molar-refractivity contribution in [2.75, 3.05) is 7.11 Å². The van der Waals surface area contributed by atoms with Crippen molar-refractivity contribution in [2.24, 2.45) is 11.3 Å². The number of ketones is 3. The largest absolute Gasteiger partial charge is 0.496 e.